The van der Waals surface area contributed by atoms with E-state index in [4.69, 9.17) is 9.47 Å². The number of ether oxygens (including phenoxy) is 2. The lowest BCUT2D eigenvalue weighted by atomic mass is 9.86. The number of nitrogens with zero attached hydrogens (tertiary/aromatic N) is 1. The van der Waals surface area contributed by atoms with E-state index in [1.54, 1.807) is 7.11 Å². The lowest BCUT2D eigenvalue weighted by Gasteiger charge is -2.32. The van der Waals surface area contributed by atoms with Crippen molar-refractivity contribution in [2.45, 2.75) is 20.3 Å². The smallest absolute Gasteiger partial charge is 0.0589 e. The summed E-state index contributed by atoms with van der Waals surface area (Å²) in [5.41, 5.74) is 0.289. The minimum Gasteiger partial charge on any atom is -0.383 e. The summed E-state index contributed by atoms with van der Waals surface area (Å²) in [5.74, 6) is 0.704. The van der Waals surface area contributed by atoms with Crippen LogP contribution in [-0.2, 0) is 9.47 Å². The van der Waals surface area contributed by atoms with Gasteiger partial charge in [0.25, 0.3) is 0 Å². The highest BCUT2D eigenvalue weighted by molar-refractivity contribution is 4.88. The number of rotatable bonds is 9. The van der Waals surface area contributed by atoms with E-state index in [1.165, 1.54) is 0 Å². The average molecular weight is 258 g/mol. The lowest BCUT2D eigenvalue weighted by molar-refractivity contribution is 0.0999. The fourth-order valence-electron chi connectivity index (χ4n) is 2.49. The van der Waals surface area contributed by atoms with E-state index < -0.39 is 0 Å². The maximum Gasteiger partial charge on any atom is 0.0589 e. The first-order valence-corrected chi connectivity index (χ1v) is 7.04. The van der Waals surface area contributed by atoms with Gasteiger partial charge in [-0.25, -0.2) is 0 Å². The Morgan fingerprint density at radius 3 is 2.78 bits per heavy atom. The Bertz CT molecular complexity index is 216. The molecule has 0 bridgehead atoms. The van der Waals surface area contributed by atoms with Crippen LogP contribution in [0.4, 0.5) is 0 Å². The molecule has 1 N–H and O–H groups in total. The van der Waals surface area contributed by atoms with Crippen LogP contribution in [0.5, 0.6) is 0 Å². The van der Waals surface area contributed by atoms with Crippen LogP contribution in [0.15, 0.2) is 0 Å². The van der Waals surface area contributed by atoms with E-state index in [9.17, 15) is 0 Å². The van der Waals surface area contributed by atoms with Crippen LogP contribution in [0.25, 0.3) is 0 Å². The molecule has 0 amide bonds. The Kier molecular flexibility index (Phi) is 7.15. The highest BCUT2D eigenvalue weighted by Gasteiger charge is 2.35. The van der Waals surface area contributed by atoms with Crippen molar-refractivity contribution < 1.29 is 9.47 Å². The molecule has 0 aromatic carbocycles. The highest BCUT2D eigenvalue weighted by atomic mass is 16.5. The van der Waals surface area contributed by atoms with E-state index >= 15 is 0 Å². The third kappa shape index (κ3) is 5.65. The van der Waals surface area contributed by atoms with Crippen LogP contribution < -0.4 is 5.32 Å². The molecule has 0 aromatic rings. The molecule has 1 aliphatic heterocycles. The molecule has 1 atom stereocenters. The first-order chi connectivity index (χ1) is 8.58. The zero-order chi connectivity index (χ0) is 13.4. The van der Waals surface area contributed by atoms with Crippen molar-refractivity contribution >= 4 is 0 Å². The van der Waals surface area contributed by atoms with Crippen molar-refractivity contribution in [3.63, 3.8) is 0 Å². The summed E-state index contributed by atoms with van der Waals surface area (Å²) >= 11 is 0. The van der Waals surface area contributed by atoms with Gasteiger partial charge in [-0.3, -0.25) is 0 Å². The largest absolute Gasteiger partial charge is 0.383 e. The van der Waals surface area contributed by atoms with Gasteiger partial charge in [-0.15, -0.1) is 0 Å². The third-order valence-corrected chi connectivity index (χ3v) is 3.52. The monoisotopic (exact) mass is 258 g/mol. The Morgan fingerprint density at radius 2 is 2.22 bits per heavy atom. The standard InChI is InChI=1S/C14H30N2O2/c1-13(2)9-15-10-14(5-7-18-12-14)11-16(3)6-8-17-4/h13,15H,5-12H2,1-4H3. The zero-order valence-electron chi connectivity index (χ0n) is 12.5. The number of nitrogens with one attached hydrogen (secondary N) is 1. The van der Waals surface area contributed by atoms with Gasteiger partial charge in [0.15, 0.2) is 0 Å². The molecule has 0 spiro atoms. The fourth-order valence-corrected chi connectivity index (χ4v) is 2.49. The van der Waals surface area contributed by atoms with E-state index in [-0.39, 0.29) is 5.41 Å². The molecule has 1 unspecified atom stereocenters. The van der Waals surface area contributed by atoms with E-state index in [0.29, 0.717) is 5.92 Å². The van der Waals surface area contributed by atoms with Crippen molar-refractivity contribution in [1.82, 2.24) is 10.2 Å². The number of hydrogen-bond donors (Lipinski definition) is 1. The third-order valence-electron chi connectivity index (χ3n) is 3.52. The summed E-state index contributed by atoms with van der Waals surface area (Å²) < 4.78 is 10.8. The van der Waals surface area contributed by atoms with Gasteiger partial charge in [0.2, 0.25) is 0 Å². The summed E-state index contributed by atoms with van der Waals surface area (Å²) in [6.45, 7) is 11.3. The summed E-state index contributed by atoms with van der Waals surface area (Å²) in [4.78, 5) is 2.36. The molecule has 0 aliphatic carbocycles. The van der Waals surface area contributed by atoms with Crippen LogP contribution in [0.1, 0.15) is 20.3 Å². The molecule has 1 rings (SSSR count). The van der Waals surface area contributed by atoms with Gasteiger partial charge < -0.3 is 19.7 Å². The van der Waals surface area contributed by atoms with Crippen molar-refractivity contribution in [2.24, 2.45) is 11.3 Å². The molecule has 0 radical (unpaired) electrons. The van der Waals surface area contributed by atoms with E-state index in [2.05, 4.69) is 31.1 Å². The minimum atomic E-state index is 0.289. The van der Waals surface area contributed by atoms with Gasteiger partial charge in [-0.1, -0.05) is 13.8 Å². The van der Waals surface area contributed by atoms with Gasteiger partial charge in [0.1, 0.15) is 0 Å². The van der Waals surface area contributed by atoms with E-state index in [1.807, 2.05) is 0 Å². The highest BCUT2D eigenvalue weighted by Crippen LogP contribution is 2.28. The molecule has 1 fully saturated rings. The van der Waals surface area contributed by atoms with Crippen LogP contribution >= 0.6 is 0 Å². The van der Waals surface area contributed by atoms with Crippen molar-refractivity contribution in [3.8, 4) is 0 Å². The van der Waals surface area contributed by atoms with Crippen molar-refractivity contribution in [1.29, 1.82) is 0 Å². The van der Waals surface area contributed by atoms with Gasteiger partial charge in [-0.05, 0) is 25.9 Å². The summed E-state index contributed by atoms with van der Waals surface area (Å²) in [6, 6.07) is 0. The number of methoxy groups -OCH3 is 1. The van der Waals surface area contributed by atoms with Crippen LogP contribution in [0, 0.1) is 11.3 Å². The van der Waals surface area contributed by atoms with Crippen molar-refractivity contribution in [3.05, 3.63) is 0 Å². The zero-order valence-corrected chi connectivity index (χ0v) is 12.5. The summed E-state index contributed by atoms with van der Waals surface area (Å²) in [6.07, 6.45) is 1.16. The minimum absolute atomic E-state index is 0.289. The summed E-state index contributed by atoms with van der Waals surface area (Å²) in [7, 11) is 3.92. The molecular formula is C14H30N2O2. The molecule has 1 heterocycles. The average Bonchev–Trinajstić information content (AvgIpc) is 2.74. The van der Waals surface area contributed by atoms with Crippen molar-refractivity contribution in [2.75, 3.05) is 60.2 Å². The SMILES string of the molecule is COCCN(C)CC1(CNCC(C)C)CCOC1. The molecular weight excluding hydrogens is 228 g/mol. The lowest BCUT2D eigenvalue weighted by Crippen LogP contribution is -2.45. The maximum atomic E-state index is 5.63. The molecule has 108 valence electrons. The van der Waals surface area contributed by atoms with Crippen LogP contribution in [0.2, 0.25) is 0 Å². The predicted molar refractivity (Wildman–Crippen MR) is 74.9 cm³/mol. The quantitative estimate of drug-likeness (QED) is 0.674. The van der Waals surface area contributed by atoms with Gasteiger partial charge in [0.05, 0.1) is 13.2 Å². The molecule has 1 aliphatic rings. The van der Waals surface area contributed by atoms with Crippen LogP contribution in [-0.4, -0.2) is 65.1 Å². The number of likely N-dealkylation sites (N-methyl/N-ethyl adjacent to an activating group) is 1. The van der Waals surface area contributed by atoms with E-state index in [0.717, 1.165) is 52.4 Å². The van der Waals surface area contributed by atoms with Crippen LogP contribution in [0.3, 0.4) is 0 Å². The maximum absolute atomic E-state index is 5.63. The first kappa shape index (κ1) is 15.9. The van der Waals surface area contributed by atoms with Gasteiger partial charge >= 0.3 is 0 Å². The van der Waals surface area contributed by atoms with Gasteiger partial charge in [-0.2, -0.15) is 0 Å². The second-order valence-electron chi connectivity index (χ2n) is 6.06. The normalized spacial score (nSPS) is 24.3. The molecule has 0 saturated carbocycles. The molecule has 4 nitrogen and oxygen atoms in total. The predicted octanol–water partition coefficient (Wildman–Crippen LogP) is 1.22. The molecule has 18 heavy (non-hydrogen) atoms. The molecule has 1 saturated heterocycles. The first-order valence-electron chi connectivity index (χ1n) is 7.04. The molecule has 0 aromatic heterocycles. The Hall–Kier alpha value is -0.160. The Balaban J connectivity index is 2.37. The van der Waals surface area contributed by atoms with Gasteiger partial charge in [0, 0.05) is 38.8 Å². The second-order valence-corrected chi connectivity index (χ2v) is 6.06. The summed E-state index contributed by atoms with van der Waals surface area (Å²) in [5, 5.41) is 3.59. The molecule has 4 heteroatoms. The topological polar surface area (TPSA) is 33.7 Å². The Labute approximate surface area is 112 Å². The fraction of sp³-hybridized carbons (Fsp3) is 1.00. The number of hydrogen-bond acceptors (Lipinski definition) is 4. The Morgan fingerprint density at radius 1 is 1.44 bits per heavy atom. The second kappa shape index (κ2) is 8.10.